The number of rotatable bonds is 1. The first-order valence-corrected chi connectivity index (χ1v) is 6.32. The van der Waals surface area contributed by atoms with Gasteiger partial charge in [0.05, 0.1) is 0 Å². The van der Waals surface area contributed by atoms with Gasteiger partial charge in [-0.15, -0.1) is 0 Å². The fraction of sp³-hybridized carbons (Fsp3) is 0.571. The zero-order valence-electron chi connectivity index (χ0n) is 9.95. The summed E-state index contributed by atoms with van der Waals surface area (Å²) in [5, 5.41) is 4.43. The lowest BCUT2D eigenvalue weighted by atomic mass is 9.89. The van der Waals surface area contributed by atoms with Crippen molar-refractivity contribution >= 4 is 5.69 Å². The molecule has 0 atom stereocenters. The molecule has 3 rings (SSSR count). The molecule has 0 bridgehead atoms. The van der Waals surface area contributed by atoms with E-state index in [-0.39, 0.29) is 0 Å². The Kier molecular flexibility index (Phi) is 2.60. The SMILES string of the molecule is CN1CCc2cc(C3CC[N]CC3)ccc21. The molecule has 2 heteroatoms. The quantitative estimate of drug-likeness (QED) is 0.701. The van der Waals surface area contributed by atoms with Crippen molar-refractivity contribution in [1.82, 2.24) is 5.32 Å². The number of nitrogens with zero attached hydrogens (tertiary/aromatic N) is 2. The molecule has 0 amide bonds. The molecule has 1 aromatic rings. The van der Waals surface area contributed by atoms with Crippen molar-refractivity contribution in [3.05, 3.63) is 29.3 Å². The third kappa shape index (κ3) is 1.71. The smallest absolute Gasteiger partial charge is 0.0397 e. The van der Waals surface area contributed by atoms with Crippen molar-refractivity contribution < 1.29 is 0 Å². The van der Waals surface area contributed by atoms with Gasteiger partial charge in [-0.25, -0.2) is 5.32 Å². The Morgan fingerprint density at radius 3 is 2.88 bits per heavy atom. The molecular formula is C14H19N2. The molecule has 0 saturated carbocycles. The van der Waals surface area contributed by atoms with Crippen LogP contribution in [0.15, 0.2) is 18.2 Å². The van der Waals surface area contributed by atoms with Crippen LogP contribution < -0.4 is 10.2 Å². The minimum atomic E-state index is 0.758. The minimum Gasteiger partial charge on any atom is -0.374 e. The number of hydrogen-bond acceptors (Lipinski definition) is 1. The van der Waals surface area contributed by atoms with Gasteiger partial charge in [0.2, 0.25) is 0 Å². The Morgan fingerprint density at radius 2 is 2.06 bits per heavy atom. The Bertz CT molecular complexity index is 380. The van der Waals surface area contributed by atoms with Crippen LogP contribution in [0, 0.1) is 0 Å². The van der Waals surface area contributed by atoms with Crippen LogP contribution in [0.4, 0.5) is 5.69 Å². The van der Waals surface area contributed by atoms with E-state index in [2.05, 4.69) is 35.5 Å². The fourth-order valence-corrected chi connectivity index (χ4v) is 2.92. The van der Waals surface area contributed by atoms with E-state index in [1.165, 1.54) is 31.5 Å². The monoisotopic (exact) mass is 215 g/mol. The summed E-state index contributed by atoms with van der Waals surface area (Å²) >= 11 is 0. The molecule has 0 unspecified atom stereocenters. The van der Waals surface area contributed by atoms with E-state index in [9.17, 15) is 0 Å². The van der Waals surface area contributed by atoms with Crippen LogP contribution in [0.2, 0.25) is 0 Å². The van der Waals surface area contributed by atoms with E-state index in [0.717, 1.165) is 19.0 Å². The maximum atomic E-state index is 4.43. The summed E-state index contributed by atoms with van der Waals surface area (Å²) in [4.78, 5) is 2.36. The van der Waals surface area contributed by atoms with E-state index < -0.39 is 0 Å². The van der Waals surface area contributed by atoms with Gasteiger partial charge in [-0.05, 0) is 42.4 Å². The second-order valence-corrected chi connectivity index (χ2v) is 5.00. The second-order valence-electron chi connectivity index (χ2n) is 5.00. The number of hydrogen-bond donors (Lipinski definition) is 0. The fourth-order valence-electron chi connectivity index (χ4n) is 2.92. The van der Waals surface area contributed by atoms with Crippen molar-refractivity contribution in [3.63, 3.8) is 0 Å². The van der Waals surface area contributed by atoms with Crippen LogP contribution in [-0.2, 0) is 6.42 Å². The standard InChI is InChI=1S/C14H19N2/c1-16-9-6-13-10-12(2-3-14(13)16)11-4-7-15-8-5-11/h2-3,10-11H,4-9H2,1H3. The van der Waals surface area contributed by atoms with Crippen LogP contribution in [0.3, 0.4) is 0 Å². The number of likely N-dealkylation sites (N-methyl/N-ethyl adjacent to an activating group) is 1. The molecule has 1 saturated heterocycles. The normalized spacial score (nSPS) is 21.2. The van der Waals surface area contributed by atoms with E-state index in [1.807, 2.05) is 0 Å². The average Bonchev–Trinajstić information content (AvgIpc) is 2.72. The molecule has 0 aromatic heterocycles. The highest BCUT2D eigenvalue weighted by Gasteiger charge is 2.20. The predicted molar refractivity (Wildman–Crippen MR) is 67.3 cm³/mol. The van der Waals surface area contributed by atoms with Gasteiger partial charge in [0.15, 0.2) is 0 Å². The molecule has 1 fully saturated rings. The van der Waals surface area contributed by atoms with Gasteiger partial charge in [-0.1, -0.05) is 12.1 Å². The van der Waals surface area contributed by atoms with Crippen LogP contribution in [0.5, 0.6) is 0 Å². The Hall–Kier alpha value is -1.02. The molecular weight excluding hydrogens is 196 g/mol. The largest absolute Gasteiger partial charge is 0.374 e. The lowest BCUT2D eigenvalue weighted by Gasteiger charge is -2.22. The maximum Gasteiger partial charge on any atom is 0.0397 e. The highest BCUT2D eigenvalue weighted by Crippen LogP contribution is 2.32. The molecule has 0 aliphatic carbocycles. The third-order valence-corrected chi connectivity index (χ3v) is 3.97. The van der Waals surface area contributed by atoms with Crippen molar-refractivity contribution in [3.8, 4) is 0 Å². The molecule has 85 valence electrons. The summed E-state index contributed by atoms with van der Waals surface area (Å²) in [5.74, 6) is 0.758. The molecule has 16 heavy (non-hydrogen) atoms. The third-order valence-electron chi connectivity index (χ3n) is 3.97. The highest BCUT2D eigenvalue weighted by molar-refractivity contribution is 5.58. The summed E-state index contributed by atoms with van der Waals surface area (Å²) in [5.41, 5.74) is 4.52. The number of fused-ring (bicyclic) bond motifs is 1. The minimum absolute atomic E-state index is 0.758. The summed E-state index contributed by atoms with van der Waals surface area (Å²) < 4.78 is 0. The molecule has 0 spiro atoms. The first-order chi connectivity index (χ1) is 7.84. The summed E-state index contributed by atoms with van der Waals surface area (Å²) in [6, 6.07) is 7.08. The maximum absolute atomic E-state index is 4.43. The molecule has 2 aliphatic rings. The number of anilines is 1. The molecule has 2 nitrogen and oxygen atoms in total. The van der Waals surface area contributed by atoms with Gasteiger partial charge < -0.3 is 4.90 Å². The Labute approximate surface area is 97.6 Å². The lowest BCUT2D eigenvalue weighted by Crippen LogP contribution is -2.21. The molecule has 2 heterocycles. The number of benzene rings is 1. The van der Waals surface area contributed by atoms with Crippen LogP contribution in [0.25, 0.3) is 0 Å². The van der Waals surface area contributed by atoms with Gasteiger partial charge >= 0.3 is 0 Å². The predicted octanol–water partition coefficient (Wildman–Crippen LogP) is 2.16. The zero-order valence-corrected chi connectivity index (χ0v) is 9.95. The average molecular weight is 215 g/mol. The summed E-state index contributed by atoms with van der Waals surface area (Å²) in [6.07, 6.45) is 3.71. The highest BCUT2D eigenvalue weighted by atomic mass is 15.1. The summed E-state index contributed by atoms with van der Waals surface area (Å²) in [7, 11) is 2.19. The van der Waals surface area contributed by atoms with Crippen molar-refractivity contribution in [2.45, 2.75) is 25.2 Å². The van der Waals surface area contributed by atoms with E-state index >= 15 is 0 Å². The van der Waals surface area contributed by atoms with Gasteiger partial charge in [0, 0.05) is 32.4 Å². The topological polar surface area (TPSA) is 17.3 Å². The van der Waals surface area contributed by atoms with Crippen LogP contribution in [0.1, 0.15) is 29.9 Å². The number of piperidine rings is 1. The Morgan fingerprint density at radius 1 is 1.25 bits per heavy atom. The van der Waals surface area contributed by atoms with Crippen LogP contribution in [-0.4, -0.2) is 26.7 Å². The van der Waals surface area contributed by atoms with E-state index in [0.29, 0.717) is 0 Å². The molecule has 2 aliphatic heterocycles. The molecule has 0 N–H and O–H groups in total. The van der Waals surface area contributed by atoms with Gasteiger partial charge in [0.25, 0.3) is 0 Å². The second kappa shape index (κ2) is 4.10. The van der Waals surface area contributed by atoms with Gasteiger partial charge in [-0.2, -0.15) is 0 Å². The lowest BCUT2D eigenvalue weighted by molar-refractivity contribution is 0.453. The van der Waals surface area contributed by atoms with Crippen molar-refractivity contribution in [2.75, 3.05) is 31.6 Å². The van der Waals surface area contributed by atoms with E-state index in [4.69, 9.17) is 0 Å². The van der Waals surface area contributed by atoms with Gasteiger partial charge in [0.1, 0.15) is 0 Å². The first-order valence-electron chi connectivity index (χ1n) is 6.32. The zero-order chi connectivity index (χ0) is 11.0. The Balaban J connectivity index is 1.86. The van der Waals surface area contributed by atoms with Crippen molar-refractivity contribution in [1.29, 1.82) is 0 Å². The first kappa shape index (κ1) is 10.2. The van der Waals surface area contributed by atoms with E-state index in [1.54, 1.807) is 11.1 Å². The summed E-state index contributed by atoms with van der Waals surface area (Å²) in [6.45, 7) is 3.29. The van der Waals surface area contributed by atoms with Crippen molar-refractivity contribution in [2.24, 2.45) is 0 Å². The van der Waals surface area contributed by atoms with Gasteiger partial charge in [-0.3, -0.25) is 0 Å². The van der Waals surface area contributed by atoms with Crippen LogP contribution >= 0.6 is 0 Å². The molecule has 1 radical (unpaired) electrons. The molecule has 1 aromatic carbocycles.